The molecule has 2 heterocycles. The number of hydrogen-bond donors (Lipinski definition) is 0. The van der Waals surface area contributed by atoms with E-state index in [1.807, 2.05) is 17.5 Å². The first-order valence-electron chi connectivity index (χ1n) is 2.90. The lowest BCUT2D eigenvalue weighted by molar-refractivity contribution is 0.420. The van der Waals surface area contributed by atoms with Gasteiger partial charge in [0.25, 0.3) is 0 Å². The van der Waals surface area contributed by atoms with Crippen LogP contribution in [0.1, 0.15) is 0 Å². The Morgan fingerprint density at radius 3 is 3.10 bits per heavy atom. The van der Waals surface area contributed by atoms with E-state index in [0.717, 1.165) is 5.56 Å². The first kappa shape index (κ1) is 5.68. The van der Waals surface area contributed by atoms with Gasteiger partial charge in [-0.1, -0.05) is 11.2 Å². The molecule has 0 fully saturated rings. The second-order valence-electron chi connectivity index (χ2n) is 1.89. The fraction of sp³-hybridized carbons (Fsp3) is 0. The summed E-state index contributed by atoms with van der Waals surface area (Å²) in [5.41, 5.74) is 1.05. The molecule has 0 aliphatic rings. The molecule has 2 aromatic rings. The van der Waals surface area contributed by atoms with Crippen molar-refractivity contribution in [1.29, 1.82) is 0 Å². The van der Waals surface area contributed by atoms with Gasteiger partial charge in [0.1, 0.15) is 6.26 Å². The Morgan fingerprint density at radius 2 is 2.50 bits per heavy atom. The number of rotatable bonds is 1. The third-order valence-corrected chi connectivity index (χ3v) is 2.16. The number of nitrogens with zero attached hydrogens (tertiary/aromatic N) is 1. The molecule has 0 saturated carbocycles. The highest BCUT2D eigenvalue weighted by atomic mass is 32.1. The van der Waals surface area contributed by atoms with Gasteiger partial charge in [-0.3, -0.25) is 0 Å². The van der Waals surface area contributed by atoms with Crippen LogP contribution in [-0.4, -0.2) is 5.16 Å². The monoisotopic (exact) mass is 151 g/mol. The maximum absolute atomic E-state index is 4.69. The van der Waals surface area contributed by atoms with Crippen molar-refractivity contribution in [2.75, 3.05) is 0 Å². The Labute approximate surface area is 62.1 Å². The smallest absolute Gasteiger partial charge is 0.132 e. The fourth-order valence-corrected chi connectivity index (χ4v) is 1.47. The molecule has 3 heteroatoms. The SMILES string of the molecule is c1csc(-c2cnoc2)c1. The van der Waals surface area contributed by atoms with E-state index in [4.69, 9.17) is 4.52 Å². The van der Waals surface area contributed by atoms with Crippen LogP contribution in [0, 0.1) is 0 Å². The molecule has 0 N–H and O–H groups in total. The van der Waals surface area contributed by atoms with E-state index in [9.17, 15) is 0 Å². The molecule has 0 spiro atoms. The minimum absolute atomic E-state index is 1.05. The number of hydrogen-bond acceptors (Lipinski definition) is 3. The summed E-state index contributed by atoms with van der Waals surface area (Å²) in [7, 11) is 0. The lowest BCUT2D eigenvalue weighted by Crippen LogP contribution is -1.59. The number of aromatic nitrogens is 1. The lowest BCUT2D eigenvalue weighted by atomic mass is 10.3. The summed E-state index contributed by atoms with van der Waals surface area (Å²) in [6, 6.07) is 4.05. The maximum Gasteiger partial charge on any atom is 0.132 e. The summed E-state index contributed by atoms with van der Waals surface area (Å²) in [5, 5.41) is 5.64. The van der Waals surface area contributed by atoms with Crippen molar-refractivity contribution < 1.29 is 4.52 Å². The topological polar surface area (TPSA) is 26.0 Å². The predicted octanol–water partition coefficient (Wildman–Crippen LogP) is 2.40. The van der Waals surface area contributed by atoms with Crippen LogP contribution in [0.3, 0.4) is 0 Å². The van der Waals surface area contributed by atoms with Crippen LogP contribution in [0.2, 0.25) is 0 Å². The van der Waals surface area contributed by atoms with Crippen LogP contribution >= 0.6 is 11.3 Å². The van der Waals surface area contributed by atoms with E-state index >= 15 is 0 Å². The zero-order chi connectivity index (χ0) is 6.81. The van der Waals surface area contributed by atoms with Gasteiger partial charge in [-0.2, -0.15) is 0 Å². The van der Waals surface area contributed by atoms with Crippen molar-refractivity contribution >= 4 is 11.3 Å². The Kier molecular flexibility index (Phi) is 1.29. The Morgan fingerprint density at radius 1 is 1.50 bits per heavy atom. The highest BCUT2D eigenvalue weighted by Crippen LogP contribution is 2.23. The average Bonchev–Trinajstić information content (AvgIpc) is 2.59. The van der Waals surface area contributed by atoms with E-state index in [1.54, 1.807) is 23.8 Å². The summed E-state index contributed by atoms with van der Waals surface area (Å²) < 4.78 is 4.69. The van der Waals surface area contributed by atoms with Crippen molar-refractivity contribution in [1.82, 2.24) is 5.16 Å². The Bertz CT molecular complexity index is 253. The van der Waals surface area contributed by atoms with Crippen LogP contribution in [-0.2, 0) is 0 Å². The minimum Gasteiger partial charge on any atom is -0.364 e. The first-order valence-corrected chi connectivity index (χ1v) is 3.78. The van der Waals surface area contributed by atoms with Gasteiger partial charge in [-0.15, -0.1) is 11.3 Å². The van der Waals surface area contributed by atoms with Gasteiger partial charge < -0.3 is 4.52 Å². The standard InChI is InChI=1S/C7H5NOS/c1-2-7(10-3-1)6-4-8-9-5-6/h1-5H. The van der Waals surface area contributed by atoms with E-state index < -0.39 is 0 Å². The summed E-state index contributed by atoms with van der Waals surface area (Å²) in [4.78, 5) is 1.20. The second-order valence-corrected chi connectivity index (χ2v) is 2.84. The molecule has 0 aliphatic heterocycles. The molecule has 2 rings (SSSR count). The van der Waals surface area contributed by atoms with Gasteiger partial charge in [0, 0.05) is 4.88 Å². The molecular weight excluding hydrogens is 146 g/mol. The summed E-state index contributed by atoms with van der Waals surface area (Å²) in [6.45, 7) is 0. The van der Waals surface area contributed by atoms with Crippen molar-refractivity contribution in [2.24, 2.45) is 0 Å². The first-order chi connectivity index (χ1) is 4.97. The van der Waals surface area contributed by atoms with E-state index in [2.05, 4.69) is 5.16 Å². The largest absolute Gasteiger partial charge is 0.364 e. The van der Waals surface area contributed by atoms with Gasteiger partial charge in [-0.25, -0.2) is 0 Å². The summed E-state index contributed by atoms with van der Waals surface area (Å²) in [5.74, 6) is 0. The van der Waals surface area contributed by atoms with Gasteiger partial charge in [0.2, 0.25) is 0 Å². The molecule has 0 radical (unpaired) electrons. The van der Waals surface area contributed by atoms with Crippen LogP contribution < -0.4 is 0 Å². The molecule has 50 valence electrons. The molecule has 0 amide bonds. The van der Waals surface area contributed by atoms with Crippen LogP contribution in [0.25, 0.3) is 10.4 Å². The molecule has 2 aromatic heterocycles. The fourth-order valence-electron chi connectivity index (χ4n) is 0.769. The van der Waals surface area contributed by atoms with E-state index in [0.29, 0.717) is 0 Å². The molecule has 0 saturated heterocycles. The molecule has 0 atom stereocenters. The molecular formula is C7H5NOS. The third-order valence-electron chi connectivity index (χ3n) is 1.24. The van der Waals surface area contributed by atoms with Crippen LogP contribution in [0.4, 0.5) is 0 Å². The highest BCUT2D eigenvalue weighted by Gasteiger charge is 1.98. The molecule has 2 nitrogen and oxygen atoms in total. The average molecular weight is 151 g/mol. The van der Waals surface area contributed by atoms with Gasteiger partial charge >= 0.3 is 0 Å². The van der Waals surface area contributed by atoms with Crippen molar-refractivity contribution in [2.45, 2.75) is 0 Å². The quantitative estimate of drug-likeness (QED) is 0.625. The predicted molar refractivity (Wildman–Crippen MR) is 39.8 cm³/mol. The molecule has 0 unspecified atom stereocenters. The van der Waals surface area contributed by atoms with Crippen molar-refractivity contribution in [3.8, 4) is 10.4 Å². The summed E-state index contributed by atoms with van der Waals surface area (Å²) in [6.07, 6.45) is 3.36. The number of thiophene rings is 1. The van der Waals surface area contributed by atoms with Gasteiger partial charge in [-0.05, 0) is 11.4 Å². The van der Waals surface area contributed by atoms with Gasteiger partial charge in [0.15, 0.2) is 0 Å². The van der Waals surface area contributed by atoms with E-state index in [1.165, 1.54) is 4.88 Å². The van der Waals surface area contributed by atoms with Crippen molar-refractivity contribution in [3.63, 3.8) is 0 Å². The molecule has 0 bridgehead atoms. The summed E-state index contributed by atoms with van der Waals surface area (Å²) >= 11 is 1.68. The van der Waals surface area contributed by atoms with E-state index in [-0.39, 0.29) is 0 Å². The Balaban J connectivity index is 2.48. The normalized spacial score (nSPS) is 10.0. The minimum atomic E-state index is 1.05. The Hall–Kier alpha value is -1.09. The molecule has 0 aliphatic carbocycles. The lowest BCUT2D eigenvalue weighted by Gasteiger charge is -1.82. The van der Waals surface area contributed by atoms with Crippen LogP contribution in [0.5, 0.6) is 0 Å². The molecule has 10 heavy (non-hydrogen) atoms. The zero-order valence-corrected chi connectivity index (χ0v) is 5.97. The zero-order valence-electron chi connectivity index (χ0n) is 5.15. The third kappa shape index (κ3) is 0.844. The molecule has 0 aromatic carbocycles. The van der Waals surface area contributed by atoms with Gasteiger partial charge in [0.05, 0.1) is 11.8 Å². The highest BCUT2D eigenvalue weighted by molar-refractivity contribution is 7.13. The maximum atomic E-state index is 4.69. The van der Waals surface area contributed by atoms with Crippen molar-refractivity contribution in [3.05, 3.63) is 30.0 Å². The van der Waals surface area contributed by atoms with Crippen LogP contribution in [0.15, 0.2) is 34.5 Å². The second kappa shape index (κ2) is 2.27.